The molecular formula is C17H23N4O3S2+. The highest BCUT2D eigenvalue weighted by Gasteiger charge is 2.33. The van der Waals surface area contributed by atoms with Gasteiger partial charge >= 0.3 is 0 Å². The van der Waals surface area contributed by atoms with Gasteiger partial charge in [-0.2, -0.15) is 4.31 Å². The lowest BCUT2D eigenvalue weighted by atomic mass is 10.3. The Labute approximate surface area is 157 Å². The van der Waals surface area contributed by atoms with Crippen molar-refractivity contribution in [2.75, 3.05) is 37.6 Å². The number of nitrogens with one attached hydrogen (secondary N) is 2. The van der Waals surface area contributed by atoms with Crippen LogP contribution in [0.1, 0.15) is 21.5 Å². The van der Waals surface area contributed by atoms with Gasteiger partial charge in [0.25, 0.3) is 11.7 Å². The number of anilines is 1. The van der Waals surface area contributed by atoms with Crippen LogP contribution >= 0.6 is 11.3 Å². The number of nitrogens with zero attached hydrogens (tertiary/aromatic N) is 2. The molecule has 0 aliphatic carbocycles. The molecule has 9 heteroatoms. The average Bonchev–Trinajstić information content (AvgIpc) is 3.05. The minimum atomic E-state index is -3.60. The van der Waals surface area contributed by atoms with E-state index >= 15 is 0 Å². The van der Waals surface area contributed by atoms with Gasteiger partial charge in [0.15, 0.2) is 0 Å². The zero-order valence-corrected chi connectivity index (χ0v) is 16.5. The summed E-state index contributed by atoms with van der Waals surface area (Å²) >= 11 is 1.22. The van der Waals surface area contributed by atoms with E-state index in [0.717, 1.165) is 5.82 Å². The summed E-state index contributed by atoms with van der Waals surface area (Å²) < 4.78 is 27.5. The van der Waals surface area contributed by atoms with Gasteiger partial charge in [-0.25, -0.2) is 13.4 Å². The van der Waals surface area contributed by atoms with Crippen molar-refractivity contribution in [3.63, 3.8) is 0 Å². The first-order valence-electron chi connectivity index (χ1n) is 8.54. The second-order valence-electron chi connectivity index (χ2n) is 6.03. The largest absolute Gasteiger partial charge is 0.352 e. The molecule has 26 heavy (non-hydrogen) atoms. The predicted molar refractivity (Wildman–Crippen MR) is 101 cm³/mol. The van der Waals surface area contributed by atoms with Crippen LogP contribution in [0.3, 0.4) is 0 Å². The maximum atomic E-state index is 13.0. The van der Waals surface area contributed by atoms with E-state index in [2.05, 4.69) is 15.2 Å². The van der Waals surface area contributed by atoms with Gasteiger partial charge in [0, 0.05) is 17.5 Å². The summed E-state index contributed by atoms with van der Waals surface area (Å²) in [4.78, 5) is 18.6. The van der Waals surface area contributed by atoms with E-state index in [4.69, 9.17) is 0 Å². The zero-order chi connectivity index (χ0) is 18.7. The van der Waals surface area contributed by atoms with E-state index in [1.165, 1.54) is 21.7 Å². The Morgan fingerprint density at radius 3 is 2.62 bits per heavy atom. The molecule has 2 N–H and O–H groups in total. The standard InChI is InChI=1S/C17H22N4O3S2/c1-3-18-17(22)14-12-15(13(2)25-14)26(23,24)21-10-8-20(9-11-21)16-6-4-5-7-19-16/h4-7,12H,3,8-11H2,1-2H3,(H,18,22)/p+1. The van der Waals surface area contributed by atoms with Crippen molar-refractivity contribution in [2.45, 2.75) is 18.7 Å². The summed E-state index contributed by atoms with van der Waals surface area (Å²) in [5, 5.41) is 2.71. The summed E-state index contributed by atoms with van der Waals surface area (Å²) in [6, 6.07) is 7.34. The molecule has 3 heterocycles. The Kier molecular flexibility index (Phi) is 5.59. The van der Waals surface area contributed by atoms with Gasteiger partial charge in [0.05, 0.1) is 42.1 Å². The zero-order valence-electron chi connectivity index (χ0n) is 14.9. The Bertz CT molecular complexity index is 873. The second-order valence-corrected chi connectivity index (χ2v) is 9.19. The number of hydrogen-bond donors (Lipinski definition) is 1. The normalized spacial score (nSPS) is 15.8. The molecule has 2 aromatic heterocycles. The van der Waals surface area contributed by atoms with Gasteiger partial charge in [-0.1, -0.05) is 6.07 Å². The van der Waals surface area contributed by atoms with Crippen LogP contribution in [0.4, 0.5) is 5.82 Å². The molecular weight excluding hydrogens is 372 g/mol. The van der Waals surface area contributed by atoms with Crippen molar-refractivity contribution in [2.24, 2.45) is 0 Å². The van der Waals surface area contributed by atoms with E-state index in [0.29, 0.717) is 42.5 Å². The van der Waals surface area contributed by atoms with Gasteiger partial charge in [-0.15, -0.1) is 11.3 Å². The third kappa shape index (κ3) is 3.74. The number of carbonyl (C=O) groups is 1. The number of hydrogen-bond acceptors (Lipinski definition) is 5. The van der Waals surface area contributed by atoms with Crippen molar-refractivity contribution in [1.82, 2.24) is 9.62 Å². The third-order valence-corrected chi connectivity index (χ3v) is 7.53. The fraction of sp³-hybridized carbons (Fsp3) is 0.412. The van der Waals surface area contributed by atoms with Crippen molar-refractivity contribution >= 4 is 33.1 Å². The van der Waals surface area contributed by atoms with Crippen molar-refractivity contribution in [3.05, 3.63) is 40.2 Å². The van der Waals surface area contributed by atoms with Crippen LogP contribution in [0.2, 0.25) is 0 Å². The molecule has 3 rings (SSSR count). The number of rotatable bonds is 5. The summed E-state index contributed by atoms with van der Waals surface area (Å²) in [6.07, 6.45) is 1.86. The van der Waals surface area contributed by atoms with Gasteiger partial charge in [0.1, 0.15) is 0 Å². The summed E-state index contributed by atoms with van der Waals surface area (Å²) in [5.74, 6) is 0.751. The first-order chi connectivity index (χ1) is 12.4. The monoisotopic (exact) mass is 395 g/mol. The van der Waals surface area contributed by atoms with Crippen molar-refractivity contribution < 1.29 is 18.2 Å². The van der Waals surface area contributed by atoms with Crippen LogP contribution in [0.25, 0.3) is 0 Å². The molecule has 1 fully saturated rings. The van der Waals surface area contributed by atoms with Gasteiger partial charge < -0.3 is 5.32 Å². The molecule has 0 saturated carbocycles. The topological polar surface area (TPSA) is 83.9 Å². The highest BCUT2D eigenvalue weighted by atomic mass is 32.2. The number of piperazine rings is 1. The highest BCUT2D eigenvalue weighted by molar-refractivity contribution is 7.89. The molecule has 7 nitrogen and oxygen atoms in total. The van der Waals surface area contributed by atoms with Crippen molar-refractivity contribution in [1.29, 1.82) is 0 Å². The van der Waals surface area contributed by atoms with Crippen LogP contribution in [-0.4, -0.2) is 51.4 Å². The van der Waals surface area contributed by atoms with E-state index in [-0.39, 0.29) is 10.8 Å². The van der Waals surface area contributed by atoms with Crippen LogP contribution < -0.4 is 15.2 Å². The first-order valence-corrected chi connectivity index (χ1v) is 10.8. The molecule has 0 unspecified atom stereocenters. The van der Waals surface area contributed by atoms with Crippen LogP contribution in [0, 0.1) is 6.92 Å². The quantitative estimate of drug-likeness (QED) is 0.823. The number of aryl methyl sites for hydroxylation is 1. The molecule has 2 aromatic rings. The van der Waals surface area contributed by atoms with E-state index in [9.17, 15) is 13.2 Å². The molecule has 140 valence electrons. The molecule has 1 aliphatic heterocycles. The minimum absolute atomic E-state index is 0.230. The van der Waals surface area contributed by atoms with Crippen LogP contribution in [0.5, 0.6) is 0 Å². The Morgan fingerprint density at radius 2 is 2.00 bits per heavy atom. The number of amides is 1. The smallest absolute Gasteiger partial charge is 0.274 e. The van der Waals surface area contributed by atoms with Gasteiger partial charge in [0.2, 0.25) is 10.0 Å². The van der Waals surface area contributed by atoms with Gasteiger partial charge in [-0.05, 0) is 26.0 Å². The van der Waals surface area contributed by atoms with Crippen LogP contribution in [-0.2, 0) is 10.0 Å². The fourth-order valence-electron chi connectivity index (χ4n) is 2.97. The molecule has 0 spiro atoms. The van der Waals surface area contributed by atoms with E-state index in [1.54, 1.807) is 6.92 Å². The lowest BCUT2D eigenvalue weighted by Gasteiger charge is -2.30. The number of thiophene rings is 1. The Balaban J connectivity index is 1.74. The molecule has 1 saturated heterocycles. The molecule has 1 aliphatic rings. The van der Waals surface area contributed by atoms with Crippen LogP contribution in [0.15, 0.2) is 35.4 Å². The highest BCUT2D eigenvalue weighted by Crippen LogP contribution is 2.29. The number of carbonyl (C=O) groups excluding carboxylic acids is 1. The van der Waals surface area contributed by atoms with E-state index < -0.39 is 10.0 Å². The number of H-pyrrole nitrogens is 1. The maximum Gasteiger partial charge on any atom is 0.274 e. The lowest BCUT2D eigenvalue weighted by Crippen LogP contribution is -2.49. The van der Waals surface area contributed by atoms with Gasteiger partial charge in [-0.3, -0.25) is 9.69 Å². The molecule has 0 bridgehead atoms. The third-order valence-electron chi connectivity index (χ3n) is 4.32. The SMILES string of the molecule is CCNC(=O)c1cc(S(=O)(=O)N2CCN(c3cccc[nH+]3)CC2)c(C)s1. The molecule has 0 aromatic carbocycles. The number of aromatic amines is 1. The number of pyridine rings is 1. The first kappa shape index (κ1) is 18.8. The number of sulfonamides is 1. The van der Waals surface area contributed by atoms with E-state index in [1.807, 2.05) is 31.3 Å². The number of aromatic nitrogens is 1. The molecule has 1 amide bonds. The second kappa shape index (κ2) is 7.73. The molecule has 0 radical (unpaired) electrons. The summed E-state index contributed by atoms with van der Waals surface area (Å²) in [5.41, 5.74) is 0. The Morgan fingerprint density at radius 1 is 1.27 bits per heavy atom. The maximum absolute atomic E-state index is 13.0. The average molecular weight is 396 g/mol. The summed E-state index contributed by atoms with van der Waals surface area (Å²) in [7, 11) is -3.60. The minimum Gasteiger partial charge on any atom is -0.352 e. The lowest BCUT2D eigenvalue weighted by molar-refractivity contribution is -0.364. The fourth-order valence-corrected chi connectivity index (χ4v) is 5.87. The predicted octanol–water partition coefficient (Wildman–Crippen LogP) is 1.13. The van der Waals surface area contributed by atoms with Crippen molar-refractivity contribution in [3.8, 4) is 0 Å². The molecule has 0 atom stereocenters. The summed E-state index contributed by atoms with van der Waals surface area (Å²) in [6.45, 7) is 6.15. The Hall–Kier alpha value is -1.97.